The maximum Gasteiger partial charge on any atom is 0.418 e. The molecular formula is C17H29N3O4. The molecule has 136 valence electrons. The van der Waals surface area contributed by atoms with Gasteiger partial charge < -0.3 is 20.1 Å². The van der Waals surface area contributed by atoms with E-state index < -0.39 is 17.7 Å². The highest BCUT2D eigenvalue weighted by Crippen LogP contribution is 2.27. The lowest BCUT2D eigenvalue weighted by atomic mass is 9.86. The zero-order valence-corrected chi connectivity index (χ0v) is 14.5. The normalized spacial score (nSPS) is 20.5. The third kappa shape index (κ3) is 5.40. The van der Waals surface area contributed by atoms with Gasteiger partial charge in [-0.25, -0.2) is 14.5 Å². The molecule has 0 unspecified atom stereocenters. The number of carbonyl (C=O) groups is 2. The molecular weight excluding hydrogens is 310 g/mol. The summed E-state index contributed by atoms with van der Waals surface area (Å²) in [7, 11) is 0. The van der Waals surface area contributed by atoms with Crippen LogP contribution in [0.1, 0.15) is 45.4 Å². The zero-order valence-electron chi connectivity index (χ0n) is 14.5. The maximum atomic E-state index is 11.8. The minimum Gasteiger partial charge on any atom is -0.447 e. The molecule has 2 saturated heterocycles. The number of nitrogens with zero attached hydrogens (tertiary/aromatic N) is 2. The van der Waals surface area contributed by atoms with Gasteiger partial charge in [-0.05, 0) is 31.5 Å². The van der Waals surface area contributed by atoms with E-state index >= 15 is 0 Å². The second kappa shape index (κ2) is 8.92. The van der Waals surface area contributed by atoms with Gasteiger partial charge >= 0.3 is 12.1 Å². The Morgan fingerprint density at radius 2 is 2.08 bits per heavy atom. The van der Waals surface area contributed by atoms with Crippen LogP contribution in [0.25, 0.3) is 0 Å². The summed E-state index contributed by atoms with van der Waals surface area (Å²) >= 11 is 0. The number of unbranched alkanes of at least 4 members (excludes halogenated alkanes) is 2. The number of ether oxygens (including phenoxy) is 1. The number of carbonyl (C=O) groups excluding carboxylic acids is 2. The smallest absolute Gasteiger partial charge is 0.418 e. The minimum absolute atomic E-state index is 0.261. The van der Waals surface area contributed by atoms with Gasteiger partial charge in [0.1, 0.15) is 6.61 Å². The van der Waals surface area contributed by atoms with Crippen molar-refractivity contribution < 1.29 is 19.4 Å². The second-order valence-corrected chi connectivity index (χ2v) is 6.55. The van der Waals surface area contributed by atoms with E-state index in [-0.39, 0.29) is 6.61 Å². The van der Waals surface area contributed by atoms with Gasteiger partial charge in [0, 0.05) is 19.6 Å². The summed E-state index contributed by atoms with van der Waals surface area (Å²) in [5, 5.41) is 13.2. The van der Waals surface area contributed by atoms with Crippen LogP contribution in [0, 0.1) is 0 Å². The lowest BCUT2D eigenvalue weighted by molar-refractivity contribution is -0.0201. The van der Waals surface area contributed by atoms with Gasteiger partial charge in [-0.2, -0.15) is 0 Å². The Balaban J connectivity index is 1.63. The quantitative estimate of drug-likeness (QED) is 0.694. The van der Waals surface area contributed by atoms with Crippen molar-refractivity contribution in [2.75, 3.05) is 32.8 Å². The molecule has 7 nitrogen and oxygen atoms in total. The first-order valence-corrected chi connectivity index (χ1v) is 8.89. The van der Waals surface area contributed by atoms with E-state index in [4.69, 9.17) is 4.74 Å². The van der Waals surface area contributed by atoms with Crippen LogP contribution in [0.4, 0.5) is 9.59 Å². The van der Waals surface area contributed by atoms with Crippen molar-refractivity contribution in [2.45, 2.75) is 51.0 Å². The summed E-state index contributed by atoms with van der Waals surface area (Å²) in [5.74, 6) is 0. The molecule has 2 aliphatic rings. The van der Waals surface area contributed by atoms with Crippen LogP contribution < -0.4 is 5.32 Å². The Labute approximate surface area is 143 Å². The van der Waals surface area contributed by atoms with Crippen molar-refractivity contribution in [1.29, 1.82) is 0 Å². The molecule has 0 aromatic heterocycles. The summed E-state index contributed by atoms with van der Waals surface area (Å²) in [6.45, 7) is 4.74. The summed E-state index contributed by atoms with van der Waals surface area (Å²) < 4.78 is 4.72. The van der Waals surface area contributed by atoms with Gasteiger partial charge in [0.25, 0.3) is 0 Å². The molecule has 0 aromatic carbocycles. The average Bonchev–Trinajstić information content (AvgIpc) is 2.99. The highest BCUT2D eigenvalue weighted by molar-refractivity contribution is 5.91. The van der Waals surface area contributed by atoms with E-state index in [2.05, 4.69) is 17.1 Å². The fraction of sp³-hybridized carbons (Fsp3) is 0.765. The Hall–Kier alpha value is -1.76. The fourth-order valence-corrected chi connectivity index (χ4v) is 3.06. The molecule has 7 heteroatoms. The van der Waals surface area contributed by atoms with E-state index in [1.54, 1.807) is 0 Å². The fourth-order valence-electron chi connectivity index (χ4n) is 3.06. The lowest BCUT2D eigenvalue weighted by Gasteiger charge is -2.38. The van der Waals surface area contributed by atoms with Gasteiger partial charge in [0.15, 0.2) is 0 Å². The molecule has 0 radical (unpaired) electrons. The number of amides is 3. The molecule has 2 heterocycles. The molecule has 2 rings (SSSR count). The average molecular weight is 339 g/mol. The standard InChI is InChI=1S/C17H29N3O4/c1-2-3-4-6-17(23)7-11-19(12-8-17)10-5-9-18-15(21)20-13-14-24-16(20)22/h5,10,23H,2-4,6-9,11-14H2,1H3,(H,18,21). The predicted octanol–water partition coefficient (Wildman–Crippen LogP) is 2.07. The summed E-state index contributed by atoms with van der Waals surface area (Å²) in [6.07, 6.45) is 9.13. The first-order chi connectivity index (χ1) is 11.5. The van der Waals surface area contributed by atoms with Crippen LogP contribution in [-0.2, 0) is 4.74 Å². The number of aliphatic hydroxyl groups is 1. The van der Waals surface area contributed by atoms with E-state index in [0.29, 0.717) is 13.1 Å². The lowest BCUT2D eigenvalue weighted by Crippen LogP contribution is -2.42. The maximum absolute atomic E-state index is 11.8. The third-order valence-electron chi connectivity index (χ3n) is 4.67. The Morgan fingerprint density at radius 1 is 1.33 bits per heavy atom. The molecule has 0 aliphatic carbocycles. The van der Waals surface area contributed by atoms with Gasteiger partial charge in [0.05, 0.1) is 12.1 Å². The first-order valence-electron chi connectivity index (χ1n) is 8.89. The SMILES string of the molecule is CCCCCC1(O)CCN(C=CCNC(=O)N2CCOC2=O)CC1. The van der Waals surface area contributed by atoms with Crippen molar-refractivity contribution in [3.05, 3.63) is 12.3 Å². The van der Waals surface area contributed by atoms with E-state index in [1.807, 2.05) is 12.3 Å². The highest BCUT2D eigenvalue weighted by atomic mass is 16.6. The first kappa shape index (κ1) is 18.6. The van der Waals surface area contributed by atoms with Crippen molar-refractivity contribution >= 4 is 12.1 Å². The van der Waals surface area contributed by atoms with Crippen LogP contribution in [0.5, 0.6) is 0 Å². The van der Waals surface area contributed by atoms with Crippen LogP contribution in [0.2, 0.25) is 0 Å². The zero-order chi connectivity index (χ0) is 17.4. The molecule has 0 atom stereocenters. The van der Waals surface area contributed by atoms with Crippen LogP contribution in [0.15, 0.2) is 12.3 Å². The van der Waals surface area contributed by atoms with Gasteiger partial charge in [-0.15, -0.1) is 0 Å². The number of rotatable bonds is 7. The predicted molar refractivity (Wildman–Crippen MR) is 90.5 cm³/mol. The number of urea groups is 1. The van der Waals surface area contributed by atoms with Crippen molar-refractivity contribution in [3.8, 4) is 0 Å². The topological polar surface area (TPSA) is 82.1 Å². The van der Waals surface area contributed by atoms with Gasteiger partial charge in [-0.1, -0.05) is 26.2 Å². The van der Waals surface area contributed by atoms with Gasteiger partial charge in [0.2, 0.25) is 0 Å². The highest BCUT2D eigenvalue weighted by Gasteiger charge is 2.30. The molecule has 24 heavy (non-hydrogen) atoms. The number of cyclic esters (lactones) is 1. The van der Waals surface area contributed by atoms with E-state index in [0.717, 1.165) is 43.7 Å². The number of piperidine rings is 1. The van der Waals surface area contributed by atoms with E-state index in [9.17, 15) is 14.7 Å². The largest absolute Gasteiger partial charge is 0.447 e. The number of nitrogens with one attached hydrogen (secondary N) is 1. The Kier molecular flexibility index (Phi) is 6.90. The number of hydrogen-bond acceptors (Lipinski definition) is 5. The number of imide groups is 1. The second-order valence-electron chi connectivity index (χ2n) is 6.55. The Bertz CT molecular complexity index is 459. The van der Waals surface area contributed by atoms with Crippen LogP contribution >= 0.6 is 0 Å². The molecule has 0 aromatic rings. The summed E-state index contributed by atoms with van der Waals surface area (Å²) in [6, 6.07) is -0.425. The summed E-state index contributed by atoms with van der Waals surface area (Å²) in [5.41, 5.74) is -0.510. The third-order valence-corrected chi connectivity index (χ3v) is 4.67. The minimum atomic E-state index is -0.588. The molecule has 0 bridgehead atoms. The number of hydrogen-bond donors (Lipinski definition) is 2. The molecule has 3 amide bonds. The van der Waals surface area contributed by atoms with E-state index in [1.165, 1.54) is 12.8 Å². The molecule has 2 aliphatic heterocycles. The summed E-state index contributed by atoms with van der Waals surface area (Å²) in [4.78, 5) is 26.2. The van der Waals surface area contributed by atoms with Gasteiger partial charge in [-0.3, -0.25) is 0 Å². The van der Waals surface area contributed by atoms with Crippen molar-refractivity contribution in [3.63, 3.8) is 0 Å². The van der Waals surface area contributed by atoms with Crippen LogP contribution in [0.3, 0.4) is 0 Å². The monoisotopic (exact) mass is 339 g/mol. The molecule has 0 spiro atoms. The molecule has 0 saturated carbocycles. The van der Waals surface area contributed by atoms with Crippen molar-refractivity contribution in [1.82, 2.24) is 15.1 Å². The molecule has 2 fully saturated rings. The number of likely N-dealkylation sites (tertiary alicyclic amines) is 1. The van der Waals surface area contributed by atoms with Crippen molar-refractivity contribution in [2.24, 2.45) is 0 Å². The van der Waals surface area contributed by atoms with Crippen LogP contribution in [-0.4, -0.2) is 65.4 Å². The Morgan fingerprint density at radius 3 is 2.71 bits per heavy atom. The molecule has 2 N–H and O–H groups in total.